The van der Waals surface area contributed by atoms with Gasteiger partial charge in [0.15, 0.2) is 0 Å². The molecule has 1 aromatic heterocycles. The Morgan fingerprint density at radius 1 is 1.54 bits per heavy atom. The molecule has 1 N–H and O–H groups in total. The first-order chi connectivity index (χ1) is 6.34. The summed E-state index contributed by atoms with van der Waals surface area (Å²) < 4.78 is 1.81. The van der Waals surface area contributed by atoms with Crippen molar-refractivity contribution in [3.05, 3.63) is 24.5 Å². The fourth-order valence-corrected chi connectivity index (χ4v) is 1.61. The van der Waals surface area contributed by atoms with E-state index < -0.39 is 0 Å². The lowest BCUT2D eigenvalue weighted by Gasteiger charge is -2.09. The molecule has 0 unspecified atom stereocenters. The molecule has 1 aliphatic rings. The molecule has 0 radical (unpaired) electrons. The lowest BCUT2D eigenvalue weighted by molar-refractivity contribution is 0.603. The van der Waals surface area contributed by atoms with Gasteiger partial charge in [0.05, 0.1) is 11.9 Å². The zero-order valence-electron chi connectivity index (χ0n) is 7.90. The average molecular weight is 177 g/mol. The third-order valence-electron chi connectivity index (χ3n) is 2.41. The summed E-state index contributed by atoms with van der Waals surface area (Å²) in [6.45, 7) is 1.05. The van der Waals surface area contributed by atoms with Gasteiger partial charge < -0.3 is 5.32 Å². The molecule has 0 saturated carbocycles. The van der Waals surface area contributed by atoms with Gasteiger partial charge in [0.1, 0.15) is 0 Å². The molecule has 0 spiro atoms. The first-order valence-corrected chi connectivity index (χ1v) is 4.72. The van der Waals surface area contributed by atoms with Gasteiger partial charge in [-0.2, -0.15) is 5.10 Å². The zero-order valence-corrected chi connectivity index (χ0v) is 7.90. The minimum Gasteiger partial charge on any atom is -0.382 e. The number of nitrogens with one attached hydrogen (secondary N) is 1. The molecule has 0 bridgehead atoms. The van der Waals surface area contributed by atoms with Crippen LogP contribution in [0.25, 0.3) is 0 Å². The molecule has 3 nitrogen and oxygen atoms in total. The summed E-state index contributed by atoms with van der Waals surface area (Å²) in [6.07, 6.45) is 10.8. The number of hydrogen-bond donors (Lipinski definition) is 1. The standard InChI is InChI=1S/C10H15N3/c1-13-8-10(7-12-13)11-6-9-4-2-3-5-9/h2-3,7-9,11H,4-6H2,1H3. The van der Waals surface area contributed by atoms with Crippen molar-refractivity contribution in [2.75, 3.05) is 11.9 Å². The highest BCUT2D eigenvalue weighted by Crippen LogP contribution is 2.18. The van der Waals surface area contributed by atoms with Crippen molar-refractivity contribution in [1.82, 2.24) is 9.78 Å². The Hall–Kier alpha value is -1.25. The van der Waals surface area contributed by atoms with Gasteiger partial charge in [0.2, 0.25) is 0 Å². The van der Waals surface area contributed by atoms with Gasteiger partial charge in [0, 0.05) is 19.8 Å². The Bertz CT molecular complexity index is 293. The first kappa shape index (κ1) is 8.35. The van der Waals surface area contributed by atoms with E-state index in [1.807, 2.05) is 24.1 Å². The Morgan fingerprint density at radius 2 is 2.31 bits per heavy atom. The molecule has 0 aromatic carbocycles. The molecule has 0 saturated heterocycles. The second kappa shape index (κ2) is 3.64. The third kappa shape index (κ3) is 2.11. The summed E-state index contributed by atoms with van der Waals surface area (Å²) in [5.41, 5.74) is 1.12. The summed E-state index contributed by atoms with van der Waals surface area (Å²) in [5, 5.41) is 7.48. The smallest absolute Gasteiger partial charge is 0.0726 e. The normalized spacial score (nSPS) is 16.7. The molecule has 2 rings (SSSR count). The molecule has 1 heterocycles. The van der Waals surface area contributed by atoms with Gasteiger partial charge in [-0.1, -0.05) is 12.2 Å². The van der Waals surface area contributed by atoms with Crippen molar-refractivity contribution in [1.29, 1.82) is 0 Å². The molecule has 0 atom stereocenters. The van der Waals surface area contributed by atoms with Gasteiger partial charge in [-0.15, -0.1) is 0 Å². The minimum absolute atomic E-state index is 0.778. The minimum atomic E-state index is 0.778. The largest absolute Gasteiger partial charge is 0.382 e. The van der Waals surface area contributed by atoms with Crippen molar-refractivity contribution in [2.24, 2.45) is 13.0 Å². The van der Waals surface area contributed by atoms with Crippen molar-refractivity contribution < 1.29 is 0 Å². The summed E-state index contributed by atoms with van der Waals surface area (Å²) in [5.74, 6) is 0.778. The van der Waals surface area contributed by atoms with Gasteiger partial charge >= 0.3 is 0 Å². The predicted octanol–water partition coefficient (Wildman–Crippen LogP) is 1.80. The number of hydrogen-bond acceptors (Lipinski definition) is 2. The Labute approximate surface area is 78.4 Å². The molecule has 1 aliphatic carbocycles. The monoisotopic (exact) mass is 177 g/mol. The number of rotatable bonds is 3. The maximum atomic E-state index is 4.10. The molecular weight excluding hydrogens is 162 g/mol. The molecular formula is C10H15N3. The van der Waals surface area contributed by atoms with Gasteiger partial charge in [-0.05, 0) is 18.8 Å². The number of aryl methyl sites for hydroxylation is 1. The maximum Gasteiger partial charge on any atom is 0.0726 e. The fraction of sp³-hybridized carbons (Fsp3) is 0.500. The van der Waals surface area contributed by atoms with Crippen LogP contribution in [-0.2, 0) is 7.05 Å². The van der Waals surface area contributed by atoms with Crippen LogP contribution in [0.5, 0.6) is 0 Å². The van der Waals surface area contributed by atoms with Crippen LogP contribution in [-0.4, -0.2) is 16.3 Å². The van der Waals surface area contributed by atoms with Crippen molar-refractivity contribution in [3.8, 4) is 0 Å². The molecule has 70 valence electrons. The highest BCUT2D eigenvalue weighted by atomic mass is 15.3. The second-order valence-corrected chi connectivity index (χ2v) is 3.59. The van der Waals surface area contributed by atoms with E-state index in [1.165, 1.54) is 12.8 Å². The Kier molecular flexibility index (Phi) is 2.34. The average Bonchev–Trinajstić information content (AvgIpc) is 2.71. The molecule has 3 heteroatoms. The highest BCUT2D eigenvalue weighted by Gasteiger charge is 2.09. The predicted molar refractivity (Wildman–Crippen MR) is 53.6 cm³/mol. The first-order valence-electron chi connectivity index (χ1n) is 4.72. The number of aromatic nitrogens is 2. The van der Waals surface area contributed by atoms with E-state index >= 15 is 0 Å². The van der Waals surface area contributed by atoms with E-state index in [9.17, 15) is 0 Å². The maximum absolute atomic E-state index is 4.10. The number of anilines is 1. The van der Waals surface area contributed by atoms with E-state index in [-0.39, 0.29) is 0 Å². The fourth-order valence-electron chi connectivity index (χ4n) is 1.61. The van der Waals surface area contributed by atoms with Crippen LogP contribution in [0.1, 0.15) is 12.8 Å². The van der Waals surface area contributed by atoms with Gasteiger partial charge in [-0.25, -0.2) is 0 Å². The van der Waals surface area contributed by atoms with E-state index in [0.717, 1.165) is 18.2 Å². The van der Waals surface area contributed by atoms with Crippen molar-refractivity contribution in [3.63, 3.8) is 0 Å². The molecule has 13 heavy (non-hydrogen) atoms. The number of nitrogens with zero attached hydrogens (tertiary/aromatic N) is 2. The molecule has 0 amide bonds. The van der Waals surface area contributed by atoms with Crippen LogP contribution < -0.4 is 5.32 Å². The summed E-state index contributed by atoms with van der Waals surface area (Å²) in [6, 6.07) is 0. The van der Waals surface area contributed by atoms with Crippen LogP contribution in [0.15, 0.2) is 24.5 Å². The Morgan fingerprint density at radius 3 is 2.92 bits per heavy atom. The van der Waals surface area contributed by atoms with E-state index in [4.69, 9.17) is 0 Å². The van der Waals surface area contributed by atoms with E-state index in [2.05, 4.69) is 22.6 Å². The zero-order chi connectivity index (χ0) is 9.10. The lowest BCUT2D eigenvalue weighted by atomic mass is 10.1. The van der Waals surface area contributed by atoms with Gasteiger partial charge in [0.25, 0.3) is 0 Å². The molecule has 0 aliphatic heterocycles. The molecule has 1 aromatic rings. The van der Waals surface area contributed by atoms with Crippen molar-refractivity contribution in [2.45, 2.75) is 12.8 Å². The van der Waals surface area contributed by atoms with Crippen LogP contribution in [0.2, 0.25) is 0 Å². The lowest BCUT2D eigenvalue weighted by Crippen LogP contribution is -2.10. The topological polar surface area (TPSA) is 29.9 Å². The van der Waals surface area contributed by atoms with Crippen molar-refractivity contribution >= 4 is 5.69 Å². The number of allylic oxidation sites excluding steroid dienone is 2. The van der Waals surface area contributed by atoms with Crippen LogP contribution in [0.4, 0.5) is 5.69 Å². The highest BCUT2D eigenvalue weighted by molar-refractivity contribution is 5.38. The summed E-state index contributed by atoms with van der Waals surface area (Å²) >= 11 is 0. The Balaban J connectivity index is 1.79. The molecule has 0 fully saturated rings. The summed E-state index contributed by atoms with van der Waals surface area (Å²) in [7, 11) is 1.93. The third-order valence-corrected chi connectivity index (χ3v) is 2.41. The van der Waals surface area contributed by atoms with Crippen LogP contribution in [0, 0.1) is 5.92 Å². The van der Waals surface area contributed by atoms with E-state index in [0.29, 0.717) is 0 Å². The van der Waals surface area contributed by atoms with E-state index in [1.54, 1.807) is 0 Å². The quantitative estimate of drug-likeness (QED) is 0.713. The van der Waals surface area contributed by atoms with Crippen LogP contribution in [0.3, 0.4) is 0 Å². The second-order valence-electron chi connectivity index (χ2n) is 3.59. The SMILES string of the molecule is Cn1cc(NCC2CC=CC2)cn1. The summed E-state index contributed by atoms with van der Waals surface area (Å²) in [4.78, 5) is 0. The van der Waals surface area contributed by atoms with Gasteiger partial charge in [-0.3, -0.25) is 4.68 Å². The van der Waals surface area contributed by atoms with Crippen LogP contribution >= 0.6 is 0 Å².